The zero-order valence-corrected chi connectivity index (χ0v) is 36.6. The molecule has 354 valence electrons. The molecule has 26 atom stereocenters. The van der Waals surface area contributed by atoms with Gasteiger partial charge >= 0.3 is 0 Å². The van der Waals surface area contributed by atoms with Crippen LogP contribution in [0.4, 0.5) is 0 Å². The van der Waals surface area contributed by atoms with Crippen LogP contribution in [0.2, 0.25) is 0 Å². The summed E-state index contributed by atoms with van der Waals surface area (Å²) in [5.41, 5.74) is 1.45. The number of hydrogen-bond acceptors (Lipinski definition) is 17. The van der Waals surface area contributed by atoms with E-state index >= 15 is 0 Å². The van der Waals surface area contributed by atoms with E-state index in [4.69, 9.17) is 37.9 Å². The molecule has 0 aromatic heterocycles. The third-order valence-corrected chi connectivity index (χ3v) is 17.7. The first-order valence-electron chi connectivity index (χ1n) is 23.4. The lowest BCUT2D eigenvalue weighted by Gasteiger charge is -2.59. The van der Waals surface area contributed by atoms with Crippen molar-refractivity contribution in [2.45, 2.75) is 203 Å². The molecular formula is C45H72O17. The zero-order valence-electron chi connectivity index (χ0n) is 36.6. The second-order valence-electron chi connectivity index (χ2n) is 21.1. The highest BCUT2D eigenvalue weighted by Crippen LogP contribution is 2.70. The molecule has 1 spiro atoms. The maximum absolute atomic E-state index is 11.6. The van der Waals surface area contributed by atoms with E-state index in [0.717, 1.165) is 51.6 Å². The van der Waals surface area contributed by atoms with E-state index in [1.807, 2.05) is 0 Å². The first kappa shape index (κ1) is 46.2. The van der Waals surface area contributed by atoms with Gasteiger partial charge in [-0.1, -0.05) is 39.3 Å². The Kier molecular flexibility index (Phi) is 12.9. The summed E-state index contributed by atoms with van der Waals surface area (Å²) in [5.74, 6) is 2.51. The van der Waals surface area contributed by atoms with E-state index in [1.54, 1.807) is 0 Å². The molecule has 0 amide bonds. The highest BCUT2D eigenvalue weighted by Gasteiger charge is 2.69. The van der Waals surface area contributed by atoms with E-state index in [9.17, 15) is 46.0 Å². The molecule has 0 unspecified atom stereocenters. The van der Waals surface area contributed by atoms with E-state index in [-0.39, 0.29) is 16.9 Å². The normalized spacial score (nSPS) is 57.6. The summed E-state index contributed by atoms with van der Waals surface area (Å²) in [6.45, 7) is 10.4. The van der Waals surface area contributed by atoms with Gasteiger partial charge in [-0.15, -0.1) is 0 Å². The van der Waals surface area contributed by atoms with Gasteiger partial charge in [0.15, 0.2) is 24.7 Å². The summed E-state index contributed by atoms with van der Waals surface area (Å²) in [6, 6.07) is 0. The number of fused-ring (bicyclic) bond motifs is 7. The van der Waals surface area contributed by atoms with Crippen LogP contribution in [0.5, 0.6) is 0 Å². The first-order chi connectivity index (χ1) is 29.4. The van der Waals surface area contributed by atoms with Crippen LogP contribution in [-0.2, 0) is 37.9 Å². The fourth-order valence-electron chi connectivity index (χ4n) is 14.0. The lowest BCUT2D eigenvalue weighted by Crippen LogP contribution is -2.67. The van der Waals surface area contributed by atoms with Crippen LogP contribution in [0.15, 0.2) is 11.6 Å². The van der Waals surface area contributed by atoms with Gasteiger partial charge in [-0.25, -0.2) is 0 Å². The third kappa shape index (κ3) is 7.49. The lowest BCUT2D eigenvalue weighted by atomic mass is 9.47. The highest BCUT2D eigenvalue weighted by atomic mass is 16.8. The largest absolute Gasteiger partial charge is 0.394 e. The minimum absolute atomic E-state index is 0.0518. The van der Waals surface area contributed by atoms with Crippen LogP contribution >= 0.6 is 0 Å². The summed E-state index contributed by atoms with van der Waals surface area (Å²) in [4.78, 5) is 0. The maximum atomic E-state index is 11.6. The van der Waals surface area contributed by atoms with Crippen molar-refractivity contribution < 1.29 is 83.9 Å². The van der Waals surface area contributed by atoms with Crippen LogP contribution < -0.4 is 0 Å². The van der Waals surface area contributed by atoms with Crippen molar-refractivity contribution in [3.05, 3.63) is 11.6 Å². The Bertz CT molecular complexity index is 1610. The highest BCUT2D eigenvalue weighted by molar-refractivity contribution is 5.26. The Morgan fingerprint density at radius 2 is 1.34 bits per heavy atom. The van der Waals surface area contributed by atoms with Crippen molar-refractivity contribution in [2.24, 2.45) is 46.3 Å². The van der Waals surface area contributed by atoms with Crippen LogP contribution in [0.3, 0.4) is 0 Å². The molecule has 0 aromatic carbocycles. The quantitative estimate of drug-likeness (QED) is 0.148. The minimum atomic E-state index is -1.83. The fraction of sp³-hybridized carbons (Fsp3) is 0.956. The number of rotatable bonds is 8. The second-order valence-corrected chi connectivity index (χ2v) is 21.1. The molecule has 0 bridgehead atoms. The maximum Gasteiger partial charge on any atom is 0.187 e. The predicted octanol–water partition coefficient (Wildman–Crippen LogP) is 0.214. The molecule has 17 heteroatoms. The van der Waals surface area contributed by atoms with Crippen molar-refractivity contribution in [1.29, 1.82) is 0 Å². The standard InChI is InChI=1S/C45H72O17/c1-19-8-13-45(55-18-19)20(2)30-27(62-45)15-26-24-7-6-22-14-23(9-11-43(22,4)25(24)10-12-44(26,30)5)57-42-39(61-41-37(54)35(52)32(49)28(16-46)58-41)38(33(50)29(17-47)59-42)60-40-36(53)34(51)31(48)21(3)56-40/h6,19-21,23-42,46-54H,7-18H2,1-5H3/t19-,20+,21+,23+,24-,25-,26-,27+,28-,29-,30+,31+,32-,33-,34-,35+,36-,37-,38+,39-,40+,41+,42-,43+,44+,45-/m1/s1. The molecule has 0 aromatic rings. The van der Waals surface area contributed by atoms with Gasteiger partial charge in [0.05, 0.1) is 38.1 Å². The van der Waals surface area contributed by atoms with Crippen molar-refractivity contribution in [3.63, 3.8) is 0 Å². The summed E-state index contributed by atoms with van der Waals surface area (Å²) < 4.78 is 50.3. The van der Waals surface area contributed by atoms with Crippen molar-refractivity contribution in [2.75, 3.05) is 19.8 Å². The van der Waals surface area contributed by atoms with Crippen LogP contribution in [0, 0.1) is 46.3 Å². The van der Waals surface area contributed by atoms with Gasteiger partial charge in [0, 0.05) is 12.3 Å². The van der Waals surface area contributed by atoms with Gasteiger partial charge in [-0.3, -0.25) is 0 Å². The summed E-state index contributed by atoms with van der Waals surface area (Å²) in [7, 11) is 0. The Labute approximate surface area is 363 Å². The smallest absolute Gasteiger partial charge is 0.187 e. The molecule has 9 aliphatic rings. The zero-order chi connectivity index (χ0) is 44.2. The number of aliphatic hydroxyl groups excluding tert-OH is 9. The second kappa shape index (κ2) is 17.3. The Balaban J connectivity index is 0.941. The van der Waals surface area contributed by atoms with Gasteiger partial charge < -0.3 is 83.9 Å². The molecule has 5 heterocycles. The number of allylic oxidation sites excluding steroid dienone is 1. The van der Waals surface area contributed by atoms with Crippen molar-refractivity contribution >= 4 is 0 Å². The molecule has 0 radical (unpaired) electrons. The van der Waals surface area contributed by atoms with Gasteiger partial charge in [0.2, 0.25) is 0 Å². The molecule has 5 saturated heterocycles. The van der Waals surface area contributed by atoms with Crippen molar-refractivity contribution in [3.8, 4) is 0 Å². The average Bonchev–Trinajstić information content (AvgIpc) is 3.70. The summed E-state index contributed by atoms with van der Waals surface area (Å²) in [5, 5.41) is 95.8. The molecule has 4 aliphatic carbocycles. The molecule has 9 N–H and O–H groups in total. The summed E-state index contributed by atoms with van der Waals surface area (Å²) in [6.07, 6.45) is -12.4. The SMILES string of the molecule is C[C@@H]1CC[C@@]2(OC1)O[C@H]1C[C@@H]3[C@@H]4CC=C5C[C@@H](O[C@@H]6O[C@H](CO)[C@@H](O)[C@H](O[C@@H]7O[C@@H](C)[C@H](O)[C@@H](O)[C@H]7O)[C@H]6O[C@@H]6O[C@H](CO)[C@@H](O)[C@H](O)[C@H]6O)CC[C@]5(C)[C@@H]4CC[C@]3(C)[C@H]1[C@@H]2C. The predicted molar refractivity (Wildman–Crippen MR) is 214 cm³/mol. The molecule has 17 nitrogen and oxygen atoms in total. The molecular weight excluding hydrogens is 812 g/mol. The fourth-order valence-corrected chi connectivity index (χ4v) is 14.0. The van der Waals surface area contributed by atoms with Gasteiger partial charge in [-0.05, 0) is 98.7 Å². The number of hydrogen-bond donors (Lipinski definition) is 9. The molecule has 8 fully saturated rings. The molecule has 9 rings (SSSR count). The number of ether oxygens (including phenoxy) is 8. The molecule has 3 saturated carbocycles. The third-order valence-electron chi connectivity index (χ3n) is 17.7. The van der Waals surface area contributed by atoms with Crippen LogP contribution in [-0.4, -0.2) is 176 Å². The lowest BCUT2D eigenvalue weighted by molar-refractivity contribution is -0.394. The Morgan fingerprint density at radius 3 is 2.03 bits per heavy atom. The van der Waals surface area contributed by atoms with E-state index in [2.05, 4.69) is 33.8 Å². The topological polar surface area (TPSA) is 256 Å². The minimum Gasteiger partial charge on any atom is -0.394 e. The van der Waals surface area contributed by atoms with E-state index < -0.39 is 117 Å². The van der Waals surface area contributed by atoms with Gasteiger partial charge in [0.25, 0.3) is 0 Å². The van der Waals surface area contributed by atoms with Crippen molar-refractivity contribution in [1.82, 2.24) is 0 Å². The Morgan fingerprint density at radius 1 is 0.677 bits per heavy atom. The van der Waals surface area contributed by atoms with Crippen LogP contribution in [0.25, 0.3) is 0 Å². The Hall–Kier alpha value is -0.940. The van der Waals surface area contributed by atoms with Gasteiger partial charge in [0.1, 0.15) is 67.1 Å². The molecule has 5 aliphatic heterocycles. The van der Waals surface area contributed by atoms with E-state index in [0.29, 0.717) is 48.3 Å². The monoisotopic (exact) mass is 884 g/mol. The summed E-state index contributed by atoms with van der Waals surface area (Å²) >= 11 is 0. The average molecular weight is 885 g/mol. The van der Waals surface area contributed by atoms with E-state index in [1.165, 1.54) is 12.5 Å². The molecule has 62 heavy (non-hydrogen) atoms. The van der Waals surface area contributed by atoms with Crippen LogP contribution in [0.1, 0.15) is 92.4 Å². The first-order valence-corrected chi connectivity index (χ1v) is 23.4. The van der Waals surface area contributed by atoms with Gasteiger partial charge in [-0.2, -0.15) is 0 Å². The number of aliphatic hydroxyl groups is 9.